The van der Waals surface area contributed by atoms with Crippen molar-refractivity contribution in [1.82, 2.24) is 9.97 Å². The summed E-state index contributed by atoms with van der Waals surface area (Å²) in [5.74, 6) is 0.455. The van der Waals surface area contributed by atoms with Crippen LogP contribution in [0.3, 0.4) is 0 Å². The van der Waals surface area contributed by atoms with Gasteiger partial charge in [-0.3, -0.25) is 10.1 Å². The Morgan fingerprint density at radius 1 is 1.39 bits per heavy atom. The Morgan fingerprint density at radius 3 is 2.56 bits per heavy atom. The fourth-order valence-corrected chi connectivity index (χ4v) is 1.26. The molecule has 0 unspecified atom stereocenters. The third-order valence-electron chi connectivity index (χ3n) is 1.95. The predicted octanol–water partition coefficient (Wildman–Crippen LogP) is 2.24. The van der Waals surface area contributed by atoms with E-state index in [1.54, 1.807) is 0 Å². The van der Waals surface area contributed by atoms with Gasteiger partial charge in [-0.05, 0) is 19.8 Å². The minimum atomic E-state index is -0.527. The van der Waals surface area contributed by atoms with E-state index in [4.69, 9.17) is 4.74 Å². The number of rotatable bonds is 6. The molecule has 0 saturated heterocycles. The van der Waals surface area contributed by atoms with Gasteiger partial charge in [-0.2, -0.15) is 4.98 Å². The van der Waals surface area contributed by atoms with Crippen LogP contribution in [0.15, 0.2) is 6.33 Å². The summed E-state index contributed by atoms with van der Waals surface area (Å²) in [7, 11) is 0. The summed E-state index contributed by atoms with van der Waals surface area (Å²) in [6.07, 6.45) is 1.26. The second-order valence-corrected chi connectivity index (χ2v) is 4.64. The van der Waals surface area contributed by atoms with Gasteiger partial charge in [0.15, 0.2) is 0 Å². The second-order valence-electron chi connectivity index (χ2n) is 4.64. The molecule has 0 amide bonds. The Hall–Kier alpha value is -1.92. The number of aromatic nitrogens is 2. The van der Waals surface area contributed by atoms with Crippen LogP contribution in [0.1, 0.15) is 27.7 Å². The van der Waals surface area contributed by atoms with E-state index in [2.05, 4.69) is 15.3 Å². The van der Waals surface area contributed by atoms with Crippen molar-refractivity contribution in [1.29, 1.82) is 0 Å². The lowest BCUT2D eigenvalue weighted by Gasteiger charge is -2.12. The number of ether oxygens (including phenoxy) is 1. The van der Waals surface area contributed by atoms with E-state index < -0.39 is 4.92 Å². The van der Waals surface area contributed by atoms with Crippen LogP contribution in [0, 0.1) is 16.0 Å². The van der Waals surface area contributed by atoms with Crippen molar-refractivity contribution >= 4 is 11.5 Å². The summed E-state index contributed by atoms with van der Waals surface area (Å²) in [4.78, 5) is 18.3. The van der Waals surface area contributed by atoms with Gasteiger partial charge in [-0.1, -0.05) is 13.8 Å². The first kappa shape index (κ1) is 14.1. The highest BCUT2D eigenvalue weighted by Crippen LogP contribution is 2.31. The second kappa shape index (κ2) is 6.13. The van der Waals surface area contributed by atoms with Crippen LogP contribution in [0.25, 0.3) is 0 Å². The average molecular weight is 254 g/mol. The molecule has 0 spiro atoms. The van der Waals surface area contributed by atoms with Crippen molar-refractivity contribution in [3.63, 3.8) is 0 Å². The lowest BCUT2D eigenvalue weighted by molar-refractivity contribution is -0.385. The molecule has 0 radical (unpaired) electrons. The van der Waals surface area contributed by atoms with Crippen molar-refractivity contribution < 1.29 is 9.66 Å². The lowest BCUT2D eigenvalue weighted by atomic mass is 10.2. The molecule has 0 bridgehead atoms. The highest BCUT2D eigenvalue weighted by molar-refractivity contribution is 5.61. The van der Waals surface area contributed by atoms with Crippen LogP contribution in [-0.4, -0.2) is 27.5 Å². The molecule has 0 aliphatic heterocycles. The van der Waals surface area contributed by atoms with Crippen molar-refractivity contribution in [3.8, 4) is 5.88 Å². The monoisotopic (exact) mass is 254 g/mol. The predicted molar refractivity (Wildman–Crippen MR) is 67.8 cm³/mol. The third-order valence-corrected chi connectivity index (χ3v) is 1.95. The van der Waals surface area contributed by atoms with Crippen LogP contribution < -0.4 is 10.1 Å². The smallest absolute Gasteiger partial charge is 0.372 e. The summed E-state index contributed by atoms with van der Waals surface area (Å²) >= 11 is 0. The lowest BCUT2D eigenvalue weighted by Crippen LogP contribution is -2.15. The molecule has 0 aliphatic carbocycles. The van der Waals surface area contributed by atoms with Crippen LogP contribution in [0.4, 0.5) is 11.5 Å². The van der Waals surface area contributed by atoms with Crippen LogP contribution >= 0.6 is 0 Å². The largest absolute Gasteiger partial charge is 0.472 e. The molecule has 0 saturated carbocycles. The van der Waals surface area contributed by atoms with E-state index in [9.17, 15) is 10.1 Å². The summed E-state index contributed by atoms with van der Waals surface area (Å²) in [5, 5.41) is 14.0. The van der Waals surface area contributed by atoms with E-state index in [0.717, 1.165) is 0 Å². The summed E-state index contributed by atoms with van der Waals surface area (Å²) in [6.45, 7) is 8.04. The number of anilines is 1. The van der Waals surface area contributed by atoms with Crippen molar-refractivity contribution in [2.45, 2.75) is 33.7 Å². The molecule has 1 aromatic heterocycles. The molecule has 0 atom stereocenters. The molecule has 1 rings (SSSR count). The molecule has 0 fully saturated rings. The van der Waals surface area contributed by atoms with E-state index >= 15 is 0 Å². The van der Waals surface area contributed by atoms with Crippen molar-refractivity contribution in [2.24, 2.45) is 5.92 Å². The van der Waals surface area contributed by atoms with Crippen LogP contribution in [0.5, 0.6) is 5.88 Å². The van der Waals surface area contributed by atoms with Gasteiger partial charge < -0.3 is 10.1 Å². The SMILES string of the molecule is CC(C)COc1ncnc(NC(C)C)c1[N+](=O)[O-]. The normalized spacial score (nSPS) is 10.8. The van der Waals surface area contributed by atoms with Crippen molar-refractivity contribution in [3.05, 3.63) is 16.4 Å². The van der Waals surface area contributed by atoms with Gasteiger partial charge in [0.25, 0.3) is 5.88 Å². The summed E-state index contributed by atoms with van der Waals surface area (Å²) in [6, 6.07) is 0.0385. The van der Waals surface area contributed by atoms with E-state index in [1.165, 1.54) is 6.33 Å². The molecule has 7 nitrogen and oxygen atoms in total. The Bertz CT molecular complexity index is 421. The zero-order valence-electron chi connectivity index (χ0n) is 11.0. The van der Waals surface area contributed by atoms with Crippen molar-refractivity contribution in [2.75, 3.05) is 11.9 Å². The number of hydrogen-bond donors (Lipinski definition) is 1. The maximum atomic E-state index is 11.1. The summed E-state index contributed by atoms with van der Waals surface area (Å²) in [5.41, 5.74) is -0.216. The fourth-order valence-electron chi connectivity index (χ4n) is 1.26. The standard InChI is InChI=1S/C11H18N4O3/c1-7(2)5-18-11-9(15(16)17)10(12-6-13-11)14-8(3)4/h6-8H,5H2,1-4H3,(H,12,13,14). The molecular formula is C11H18N4O3. The summed E-state index contributed by atoms with van der Waals surface area (Å²) < 4.78 is 5.35. The number of nitro groups is 1. The van der Waals surface area contributed by atoms with Gasteiger partial charge >= 0.3 is 5.69 Å². The quantitative estimate of drug-likeness (QED) is 0.618. The Balaban J connectivity index is 3.05. The minimum absolute atomic E-state index is 0.00634. The zero-order valence-corrected chi connectivity index (χ0v) is 11.0. The first-order chi connectivity index (χ1) is 8.41. The maximum absolute atomic E-state index is 11.1. The van der Waals surface area contributed by atoms with Gasteiger partial charge in [0, 0.05) is 6.04 Å². The minimum Gasteiger partial charge on any atom is -0.472 e. The molecule has 18 heavy (non-hydrogen) atoms. The van der Waals surface area contributed by atoms with Gasteiger partial charge in [0.1, 0.15) is 6.33 Å². The molecule has 100 valence electrons. The third kappa shape index (κ3) is 3.83. The Kier molecular flexibility index (Phi) is 4.82. The zero-order chi connectivity index (χ0) is 13.7. The molecule has 0 aliphatic rings. The maximum Gasteiger partial charge on any atom is 0.372 e. The molecular weight excluding hydrogens is 236 g/mol. The number of nitrogens with zero attached hydrogens (tertiary/aromatic N) is 3. The molecule has 0 aromatic carbocycles. The van der Waals surface area contributed by atoms with Gasteiger partial charge in [0.2, 0.25) is 5.82 Å². The van der Waals surface area contributed by atoms with E-state index in [1.807, 2.05) is 27.7 Å². The molecule has 7 heteroatoms. The Labute approximate surface area is 106 Å². The van der Waals surface area contributed by atoms with Gasteiger partial charge in [-0.15, -0.1) is 0 Å². The van der Waals surface area contributed by atoms with Crippen LogP contribution in [-0.2, 0) is 0 Å². The molecule has 1 aromatic rings. The molecule has 1 N–H and O–H groups in total. The topological polar surface area (TPSA) is 90.2 Å². The van der Waals surface area contributed by atoms with Gasteiger partial charge in [-0.25, -0.2) is 4.98 Å². The Morgan fingerprint density at radius 2 is 2.06 bits per heavy atom. The van der Waals surface area contributed by atoms with Crippen LogP contribution in [0.2, 0.25) is 0 Å². The number of nitrogens with one attached hydrogen (secondary N) is 1. The van der Waals surface area contributed by atoms with E-state index in [0.29, 0.717) is 6.61 Å². The van der Waals surface area contributed by atoms with E-state index in [-0.39, 0.29) is 29.3 Å². The molecule has 1 heterocycles. The first-order valence-electron chi connectivity index (χ1n) is 5.80. The fraction of sp³-hybridized carbons (Fsp3) is 0.636. The highest BCUT2D eigenvalue weighted by Gasteiger charge is 2.24. The highest BCUT2D eigenvalue weighted by atomic mass is 16.6. The first-order valence-corrected chi connectivity index (χ1v) is 5.80. The van der Waals surface area contributed by atoms with Gasteiger partial charge in [0.05, 0.1) is 11.5 Å². The average Bonchev–Trinajstić information content (AvgIpc) is 2.25. The number of hydrogen-bond acceptors (Lipinski definition) is 6.